The number of nitrogens with zero attached hydrogens (tertiary/aromatic N) is 4. The highest BCUT2D eigenvalue weighted by atomic mass is 16.3. The van der Waals surface area contributed by atoms with Gasteiger partial charge in [0.2, 0.25) is 0 Å². The third kappa shape index (κ3) is 5.15. The molecule has 0 spiro atoms. The Bertz CT molecular complexity index is 4260. The molecule has 3 aromatic heterocycles. The van der Waals surface area contributed by atoms with Crippen molar-refractivity contribution in [1.29, 1.82) is 0 Å². The fourth-order valence-corrected chi connectivity index (χ4v) is 10.2. The van der Waals surface area contributed by atoms with Crippen LogP contribution in [0.3, 0.4) is 0 Å². The zero-order valence-corrected chi connectivity index (χ0v) is 34.3. The van der Waals surface area contributed by atoms with Crippen LogP contribution in [0.5, 0.6) is 0 Å². The van der Waals surface area contributed by atoms with Gasteiger partial charge in [0.25, 0.3) is 0 Å². The number of furan rings is 1. The lowest BCUT2D eigenvalue weighted by molar-refractivity contribution is 0.672. The van der Waals surface area contributed by atoms with Crippen LogP contribution >= 0.6 is 0 Å². The molecule has 0 fully saturated rings. The topological polar surface area (TPSA) is 56.7 Å². The van der Waals surface area contributed by atoms with Crippen LogP contribution in [0.2, 0.25) is 0 Å². The first-order valence-electron chi connectivity index (χ1n) is 21.7. The Morgan fingerprint density at radius 3 is 1.69 bits per heavy atom. The van der Waals surface area contributed by atoms with E-state index >= 15 is 0 Å². The molecule has 0 unspecified atom stereocenters. The largest absolute Gasteiger partial charge is 0.455 e. The highest BCUT2D eigenvalue weighted by Crippen LogP contribution is 2.43. The molecule has 0 aliphatic heterocycles. The van der Waals surface area contributed by atoms with Crippen molar-refractivity contribution in [1.82, 2.24) is 19.5 Å². The molecule has 11 aromatic carbocycles. The van der Waals surface area contributed by atoms with Gasteiger partial charge >= 0.3 is 0 Å². The summed E-state index contributed by atoms with van der Waals surface area (Å²) in [5, 5.41) is 15.9. The number of fused-ring (bicyclic) bond motifs is 14. The zero-order valence-electron chi connectivity index (χ0n) is 34.3. The van der Waals surface area contributed by atoms with Crippen LogP contribution in [0, 0.1) is 0 Å². The maximum Gasteiger partial charge on any atom is 0.164 e. The highest BCUT2D eigenvalue weighted by molar-refractivity contribution is 6.22. The van der Waals surface area contributed by atoms with Gasteiger partial charge in [-0.2, -0.15) is 0 Å². The molecular formula is C59H34N4O. The fourth-order valence-electron chi connectivity index (χ4n) is 10.2. The summed E-state index contributed by atoms with van der Waals surface area (Å²) in [6, 6.07) is 73.3. The summed E-state index contributed by atoms with van der Waals surface area (Å²) in [5.74, 6) is 1.85. The predicted molar refractivity (Wildman–Crippen MR) is 265 cm³/mol. The average Bonchev–Trinajstić information content (AvgIpc) is 3.90. The average molecular weight is 815 g/mol. The van der Waals surface area contributed by atoms with Gasteiger partial charge in [-0.05, 0) is 79.5 Å². The normalized spacial score (nSPS) is 12.1. The van der Waals surface area contributed by atoms with Gasteiger partial charge in [-0.3, -0.25) is 0 Å². The monoisotopic (exact) mass is 814 g/mol. The minimum atomic E-state index is 0.606. The van der Waals surface area contributed by atoms with E-state index in [1.165, 1.54) is 43.2 Å². The predicted octanol–water partition coefficient (Wildman–Crippen LogP) is 15.6. The Hall–Kier alpha value is -8.67. The molecular weight excluding hydrogens is 781 g/mol. The first kappa shape index (κ1) is 35.0. The summed E-state index contributed by atoms with van der Waals surface area (Å²) >= 11 is 0. The van der Waals surface area contributed by atoms with Gasteiger partial charge < -0.3 is 8.98 Å². The third-order valence-electron chi connectivity index (χ3n) is 13.2. The standard InChI is InChI=1S/C59H34N4O/c1-2-15-36(16-3-1)57-60-58(51-31-39-19-7-8-20-41(39)43-22-10-11-23-44(43)51)62-59(61-57)52-34-50-46-29-27-40(33-54(46)64-56(50)48-25-13-12-24-45(48)52)63-53-32-38-18-5-4-17-37(38)30-49(53)47-28-26-35-14-6-9-21-42(35)55(47)63/h1-34H. The van der Waals surface area contributed by atoms with E-state index in [9.17, 15) is 0 Å². The van der Waals surface area contributed by atoms with Gasteiger partial charge in [0, 0.05) is 60.8 Å². The molecule has 0 radical (unpaired) electrons. The molecule has 14 aromatic rings. The van der Waals surface area contributed by atoms with Crippen molar-refractivity contribution in [3.8, 4) is 39.9 Å². The SMILES string of the molecule is c1ccc(-c2nc(-c3cc4ccccc4c4ccccc34)nc(-c3cc4c5ccc(-n6c7cc8ccccc8cc7c7ccc8ccccc8c76)cc5oc4c4ccccc34)n2)cc1. The summed E-state index contributed by atoms with van der Waals surface area (Å²) in [7, 11) is 0. The second-order valence-corrected chi connectivity index (χ2v) is 16.7. The molecule has 3 heterocycles. The molecule has 14 rings (SSSR count). The Morgan fingerprint density at radius 2 is 0.906 bits per heavy atom. The van der Waals surface area contributed by atoms with Gasteiger partial charge in [-0.15, -0.1) is 0 Å². The summed E-state index contributed by atoms with van der Waals surface area (Å²) in [4.78, 5) is 15.8. The molecule has 5 heteroatoms. The van der Waals surface area contributed by atoms with E-state index in [1.54, 1.807) is 0 Å². The quantitative estimate of drug-likeness (QED) is 0.166. The summed E-state index contributed by atoms with van der Waals surface area (Å²) in [5.41, 5.74) is 7.85. The van der Waals surface area contributed by atoms with Crippen LogP contribution in [0.1, 0.15) is 0 Å². The van der Waals surface area contributed by atoms with E-state index in [0.717, 1.165) is 76.8 Å². The van der Waals surface area contributed by atoms with Gasteiger partial charge in [0.15, 0.2) is 17.5 Å². The number of benzene rings is 11. The van der Waals surface area contributed by atoms with Crippen LogP contribution in [0.25, 0.3) is 137 Å². The first-order chi connectivity index (χ1) is 31.7. The molecule has 0 N–H and O–H groups in total. The molecule has 0 amide bonds. The summed E-state index contributed by atoms with van der Waals surface area (Å²) in [6.07, 6.45) is 0. The number of aromatic nitrogens is 4. The van der Waals surface area contributed by atoms with Crippen LogP contribution in [-0.4, -0.2) is 19.5 Å². The summed E-state index contributed by atoms with van der Waals surface area (Å²) < 4.78 is 9.41. The Balaban J connectivity index is 1.02. The van der Waals surface area contributed by atoms with E-state index in [4.69, 9.17) is 19.4 Å². The number of rotatable bonds is 4. The maximum atomic E-state index is 6.99. The van der Waals surface area contributed by atoms with Gasteiger partial charge in [-0.1, -0.05) is 164 Å². The van der Waals surface area contributed by atoms with Crippen molar-refractivity contribution in [3.63, 3.8) is 0 Å². The fraction of sp³-hybridized carbons (Fsp3) is 0. The lowest BCUT2D eigenvalue weighted by Crippen LogP contribution is -2.01. The number of hydrogen-bond donors (Lipinski definition) is 0. The second-order valence-electron chi connectivity index (χ2n) is 16.7. The molecule has 64 heavy (non-hydrogen) atoms. The lowest BCUT2D eigenvalue weighted by atomic mass is 9.96. The minimum Gasteiger partial charge on any atom is -0.455 e. The lowest BCUT2D eigenvalue weighted by Gasteiger charge is -2.13. The second kappa shape index (κ2) is 13.4. The van der Waals surface area contributed by atoms with E-state index < -0.39 is 0 Å². The van der Waals surface area contributed by atoms with Crippen molar-refractivity contribution < 1.29 is 4.42 Å². The molecule has 0 atom stereocenters. The zero-order chi connectivity index (χ0) is 41.9. The third-order valence-corrected chi connectivity index (χ3v) is 13.2. The van der Waals surface area contributed by atoms with E-state index in [0.29, 0.717) is 17.5 Å². The Morgan fingerprint density at radius 1 is 0.328 bits per heavy atom. The van der Waals surface area contributed by atoms with E-state index in [2.05, 4.69) is 193 Å². The number of hydrogen-bond acceptors (Lipinski definition) is 4. The molecule has 296 valence electrons. The maximum absolute atomic E-state index is 6.99. The Labute approximate surface area is 366 Å². The van der Waals surface area contributed by atoms with Gasteiger partial charge in [-0.25, -0.2) is 15.0 Å². The smallest absolute Gasteiger partial charge is 0.164 e. The van der Waals surface area contributed by atoms with Crippen molar-refractivity contribution in [2.75, 3.05) is 0 Å². The molecule has 0 aliphatic rings. The van der Waals surface area contributed by atoms with Crippen molar-refractivity contribution in [2.24, 2.45) is 0 Å². The first-order valence-corrected chi connectivity index (χ1v) is 21.7. The van der Waals surface area contributed by atoms with Gasteiger partial charge in [0.1, 0.15) is 11.2 Å². The molecule has 0 saturated heterocycles. The molecule has 0 aliphatic carbocycles. The van der Waals surface area contributed by atoms with Crippen molar-refractivity contribution in [2.45, 2.75) is 0 Å². The highest BCUT2D eigenvalue weighted by Gasteiger charge is 2.22. The van der Waals surface area contributed by atoms with Crippen LogP contribution in [0.15, 0.2) is 211 Å². The summed E-state index contributed by atoms with van der Waals surface area (Å²) in [6.45, 7) is 0. The van der Waals surface area contributed by atoms with Crippen molar-refractivity contribution in [3.05, 3.63) is 206 Å². The van der Waals surface area contributed by atoms with Crippen LogP contribution in [-0.2, 0) is 0 Å². The van der Waals surface area contributed by atoms with Crippen LogP contribution < -0.4 is 0 Å². The van der Waals surface area contributed by atoms with E-state index in [-0.39, 0.29) is 0 Å². The molecule has 0 bridgehead atoms. The van der Waals surface area contributed by atoms with E-state index in [1.807, 2.05) is 18.2 Å². The molecule has 0 saturated carbocycles. The van der Waals surface area contributed by atoms with Crippen LogP contribution in [0.4, 0.5) is 0 Å². The van der Waals surface area contributed by atoms with Gasteiger partial charge in [0.05, 0.1) is 11.0 Å². The minimum absolute atomic E-state index is 0.606. The Kier molecular flexibility index (Phi) is 7.33. The van der Waals surface area contributed by atoms with Crippen molar-refractivity contribution >= 4 is 97.6 Å². The molecule has 5 nitrogen and oxygen atoms in total.